The van der Waals surface area contributed by atoms with Gasteiger partial charge >= 0.3 is 0 Å². The third-order valence-electron chi connectivity index (χ3n) is 6.87. The van der Waals surface area contributed by atoms with Gasteiger partial charge in [0.1, 0.15) is 22.2 Å². The van der Waals surface area contributed by atoms with Gasteiger partial charge in [0.05, 0.1) is 12.5 Å². The number of nitrogens with zero attached hydrogens (tertiary/aromatic N) is 4. The Kier molecular flexibility index (Phi) is 6.73. The maximum atomic E-state index is 13.1. The third-order valence-corrected chi connectivity index (χ3v) is 8.05. The van der Waals surface area contributed by atoms with Crippen LogP contribution in [0.4, 0.5) is 5.82 Å². The molecule has 1 aliphatic heterocycles. The standard InChI is InChI=1S/C27H34N4O2S/c1-18(2)16-23-28-25(24-21-10-5-4-6-11-22(21)34-26(24)29-23)30-12-14-31(15-13-30)27(32)19-8-7-9-20(17-19)33-3/h7-9,17-18H,4-6,10-16H2,1-3H3. The predicted molar refractivity (Wildman–Crippen MR) is 138 cm³/mol. The van der Waals surface area contributed by atoms with E-state index in [0.717, 1.165) is 48.8 Å². The van der Waals surface area contributed by atoms with E-state index in [1.54, 1.807) is 7.11 Å². The molecule has 1 saturated heterocycles. The largest absolute Gasteiger partial charge is 0.497 e. The minimum absolute atomic E-state index is 0.0660. The fraction of sp³-hybridized carbons (Fsp3) is 0.519. The van der Waals surface area contributed by atoms with E-state index in [1.807, 2.05) is 40.5 Å². The molecule has 1 aromatic carbocycles. The molecule has 0 radical (unpaired) electrons. The average molecular weight is 479 g/mol. The van der Waals surface area contributed by atoms with E-state index in [0.29, 0.717) is 30.3 Å². The number of rotatable bonds is 5. The van der Waals surface area contributed by atoms with Crippen molar-refractivity contribution in [1.82, 2.24) is 14.9 Å². The lowest BCUT2D eigenvalue weighted by Crippen LogP contribution is -2.49. The first-order valence-electron chi connectivity index (χ1n) is 12.5. The molecule has 5 rings (SSSR count). The van der Waals surface area contributed by atoms with Crippen LogP contribution in [0.2, 0.25) is 0 Å². The van der Waals surface area contributed by atoms with E-state index in [4.69, 9.17) is 14.7 Å². The van der Waals surface area contributed by atoms with Crippen molar-refractivity contribution in [1.29, 1.82) is 0 Å². The Morgan fingerprint density at radius 1 is 1.09 bits per heavy atom. The minimum Gasteiger partial charge on any atom is -0.497 e. The van der Waals surface area contributed by atoms with E-state index in [-0.39, 0.29) is 5.91 Å². The zero-order valence-corrected chi connectivity index (χ0v) is 21.3. The highest BCUT2D eigenvalue weighted by atomic mass is 32.1. The first-order valence-corrected chi connectivity index (χ1v) is 13.3. The number of carbonyl (C=O) groups is 1. The second-order valence-electron chi connectivity index (χ2n) is 9.82. The average Bonchev–Trinajstić information content (AvgIpc) is 3.03. The number of fused-ring (bicyclic) bond motifs is 3. The molecule has 0 spiro atoms. The van der Waals surface area contributed by atoms with Crippen LogP contribution in [0.15, 0.2) is 24.3 Å². The SMILES string of the molecule is COc1cccc(C(=O)N2CCN(c3nc(CC(C)C)nc4sc5c(c34)CCCCC5)CC2)c1. The zero-order valence-electron chi connectivity index (χ0n) is 20.5. The molecule has 0 N–H and O–H groups in total. The number of aryl methyl sites for hydroxylation is 2. The van der Waals surface area contributed by atoms with Crippen molar-refractivity contribution in [2.45, 2.75) is 52.4 Å². The van der Waals surface area contributed by atoms with Gasteiger partial charge in [0.15, 0.2) is 0 Å². The van der Waals surface area contributed by atoms with E-state index >= 15 is 0 Å². The molecule has 6 nitrogen and oxygen atoms in total. The lowest BCUT2D eigenvalue weighted by molar-refractivity contribution is 0.0746. The van der Waals surface area contributed by atoms with E-state index in [9.17, 15) is 4.79 Å². The predicted octanol–water partition coefficient (Wildman–Crippen LogP) is 5.13. The summed E-state index contributed by atoms with van der Waals surface area (Å²) in [6, 6.07) is 7.43. The Hall–Kier alpha value is -2.67. The molecule has 180 valence electrons. The maximum Gasteiger partial charge on any atom is 0.254 e. The quantitative estimate of drug-likeness (QED) is 0.476. The maximum absolute atomic E-state index is 13.1. The van der Waals surface area contributed by atoms with E-state index in [2.05, 4.69) is 18.7 Å². The number of ether oxygens (including phenoxy) is 1. The Morgan fingerprint density at radius 3 is 2.65 bits per heavy atom. The van der Waals surface area contributed by atoms with Crippen molar-refractivity contribution >= 4 is 33.3 Å². The lowest BCUT2D eigenvalue weighted by atomic mass is 10.1. The highest BCUT2D eigenvalue weighted by Gasteiger charge is 2.27. The van der Waals surface area contributed by atoms with Crippen LogP contribution in [0.25, 0.3) is 10.2 Å². The van der Waals surface area contributed by atoms with Crippen LogP contribution < -0.4 is 9.64 Å². The number of anilines is 1. The van der Waals surface area contributed by atoms with Crippen molar-refractivity contribution in [3.05, 3.63) is 46.1 Å². The zero-order chi connectivity index (χ0) is 23.7. The van der Waals surface area contributed by atoms with Crippen LogP contribution in [0, 0.1) is 5.92 Å². The molecule has 1 fully saturated rings. The number of benzene rings is 1. The Balaban J connectivity index is 1.42. The van der Waals surface area contributed by atoms with Crippen LogP contribution in [0.1, 0.15) is 59.7 Å². The number of aromatic nitrogens is 2. The molecule has 0 saturated carbocycles. The highest BCUT2D eigenvalue weighted by Crippen LogP contribution is 2.39. The summed E-state index contributed by atoms with van der Waals surface area (Å²) in [4.78, 5) is 30.3. The number of amides is 1. The van der Waals surface area contributed by atoms with Crippen molar-refractivity contribution in [2.24, 2.45) is 5.92 Å². The van der Waals surface area contributed by atoms with Crippen molar-refractivity contribution in [3.8, 4) is 5.75 Å². The van der Waals surface area contributed by atoms with Gasteiger partial charge in [-0.3, -0.25) is 4.79 Å². The highest BCUT2D eigenvalue weighted by molar-refractivity contribution is 7.19. The van der Waals surface area contributed by atoms with Gasteiger partial charge in [-0.05, 0) is 55.4 Å². The van der Waals surface area contributed by atoms with Gasteiger partial charge in [0, 0.05) is 43.0 Å². The Morgan fingerprint density at radius 2 is 1.88 bits per heavy atom. The summed E-state index contributed by atoms with van der Waals surface area (Å²) < 4.78 is 5.30. The summed E-state index contributed by atoms with van der Waals surface area (Å²) in [6.07, 6.45) is 7.00. The minimum atomic E-state index is 0.0660. The molecule has 0 atom stereocenters. The van der Waals surface area contributed by atoms with Gasteiger partial charge in [-0.15, -0.1) is 11.3 Å². The van der Waals surface area contributed by atoms with Crippen molar-refractivity contribution in [3.63, 3.8) is 0 Å². The number of hydrogen-bond acceptors (Lipinski definition) is 6. The van der Waals surface area contributed by atoms with Crippen molar-refractivity contribution < 1.29 is 9.53 Å². The number of piperazine rings is 1. The van der Waals surface area contributed by atoms with Crippen molar-refractivity contribution in [2.75, 3.05) is 38.2 Å². The summed E-state index contributed by atoms with van der Waals surface area (Å²) in [6.45, 7) is 7.39. The van der Waals surface area contributed by atoms with E-state index in [1.165, 1.54) is 35.1 Å². The first-order chi connectivity index (χ1) is 16.5. The topological polar surface area (TPSA) is 58.6 Å². The fourth-order valence-electron chi connectivity index (χ4n) is 5.10. The smallest absolute Gasteiger partial charge is 0.254 e. The third kappa shape index (κ3) is 4.63. The van der Waals surface area contributed by atoms with Gasteiger partial charge in [-0.2, -0.15) is 0 Å². The summed E-state index contributed by atoms with van der Waals surface area (Å²) in [5, 5.41) is 1.28. The Bertz CT molecular complexity index is 1180. The Labute approximate surface area is 206 Å². The summed E-state index contributed by atoms with van der Waals surface area (Å²) in [5.41, 5.74) is 2.16. The summed E-state index contributed by atoms with van der Waals surface area (Å²) >= 11 is 1.88. The molecule has 0 bridgehead atoms. The van der Waals surface area contributed by atoms with Gasteiger partial charge in [0.2, 0.25) is 0 Å². The van der Waals surface area contributed by atoms with Gasteiger partial charge in [-0.25, -0.2) is 9.97 Å². The molecule has 3 heterocycles. The number of carbonyl (C=O) groups excluding carboxylic acids is 1. The monoisotopic (exact) mass is 478 g/mol. The summed E-state index contributed by atoms with van der Waals surface area (Å²) in [5.74, 6) is 3.33. The van der Waals surface area contributed by atoms with Gasteiger partial charge in [-0.1, -0.05) is 26.3 Å². The molecular weight excluding hydrogens is 444 g/mol. The molecule has 0 unspecified atom stereocenters. The van der Waals surface area contributed by atoms with Gasteiger partial charge < -0.3 is 14.5 Å². The molecular formula is C27H34N4O2S. The second kappa shape index (κ2) is 9.90. The molecule has 2 aliphatic rings. The number of methoxy groups -OCH3 is 1. The van der Waals surface area contributed by atoms with Crippen LogP contribution >= 0.6 is 11.3 Å². The van der Waals surface area contributed by atoms with Crippen LogP contribution in [0.5, 0.6) is 5.75 Å². The number of hydrogen-bond donors (Lipinski definition) is 0. The van der Waals surface area contributed by atoms with Crippen LogP contribution in [0.3, 0.4) is 0 Å². The normalized spacial score (nSPS) is 16.6. The molecule has 1 amide bonds. The lowest BCUT2D eigenvalue weighted by Gasteiger charge is -2.36. The number of thiophene rings is 1. The van der Waals surface area contributed by atoms with Crippen LogP contribution in [-0.4, -0.2) is 54.1 Å². The first kappa shape index (κ1) is 23.1. The van der Waals surface area contributed by atoms with Crippen LogP contribution in [-0.2, 0) is 19.3 Å². The second-order valence-corrected chi connectivity index (χ2v) is 10.9. The molecule has 34 heavy (non-hydrogen) atoms. The summed E-state index contributed by atoms with van der Waals surface area (Å²) in [7, 11) is 1.63. The van der Waals surface area contributed by atoms with E-state index < -0.39 is 0 Å². The van der Waals surface area contributed by atoms with Gasteiger partial charge in [0.25, 0.3) is 5.91 Å². The molecule has 3 aromatic rings. The molecule has 1 aliphatic carbocycles. The molecule has 2 aromatic heterocycles. The fourth-order valence-corrected chi connectivity index (χ4v) is 6.38. The molecule has 7 heteroatoms.